The average Bonchev–Trinajstić information content (AvgIpc) is 2.99. The van der Waals surface area contributed by atoms with E-state index in [1.165, 1.54) is 23.2 Å². The number of hydrogen-bond acceptors (Lipinski definition) is 7. The van der Waals surface area contributed by atoms with E-state index in [9.17, 15) is 10.0 Å². The van der Waals surface area contributed by atoms with Crippen LogP contribution in [-0.2, 0) is 0 Å². The fraction of sp³-hybridized carbons (Fsp3) is 0.571. The van der Waals surface area contributed by atoms with Crippen LogP contribution in [0.3, 0.4) is 0 Å². The molecule has 1 aromatic rings. The Kier molecular flexibility index (Phi) is 7.66. The van der Waals surface area contributed by atoms with Crippen molar-refractivity contribution in [1.82, 2.24) is 15.4 Å². The average molecular weight is 467 g/mol. The summed E-state index contributed by atoms with van der Waals surface area (Å²) in [4.78, 5) is 12.8. The van der Waals surface area contributed by atoms with Crippen molar-refractivity contribution in [3.8, 4) is 11.5 Å². The Morgan fingerprint density at radius 2 is 1.97 bits per heavy atom. The molecule has 10 heteroatoms. The highest BCUT2D eigenvalue weighted by Gasteiger charge is 2.50. The minimum Gasteiger partial charge on any atom is -0.493 e. The number of nitrogens with one attached hydrogen (secondary N) is 1. The molecule has 1 unspecified atom stereocenters. The molecule has 1 atom stereocenters. The van der Waals surface area contributed by atoms with Gasteiger partial charge in [-0.05, 0) is 50.5 Å². The molecule has 1 saturated heterocycles. The van der Waals surface area contributed by atoms with E-state index in [0.717, 1.165) is 36.3 Å². The molecule has 1 aromatic carbocycles. The van der Waals surface area contributed by atoms with Gasteiger partial charge in [-0.3, -0.25) is 5.21 Å². The number of rotatable bonds is 6. The number of thioether (sulfide) groups is 1. The van der Waals surface area contributed by atoms with E-state index in [2.05, 4.69) is 10.4 Å². The predicted molar refractivity (Wildman–Crippen MR) is 126 cm³/mol. The molecule has 0 spiro atoms. The summed E-state index contributed by atoms with van der Waals surface area (Å²) in [6, 6.07) is 4.98. The lowest BCUT2D eigenvalue weighted by Gasteiger charge is -2.35. The van der Waals surface area contributed by atoms with Gasteiger partial charge in [0.15, 0.2) is 22.0 Å². The van der Waals surface area contributed by atoms with Crippen LogP contribution in [-0.4, -0.2) is 63.0 Å². The number of urea groups is 1. The van der Waals surface area contributed by atoms with Crippen LogP contribution in [0, 0.1) is 0 Å². The molecule has 2 aliphatic rings. The van der Waals surface area contributed by atoms with E-state index in [1.54, 1.807) is 32.6 Å². The number of benzene rings is 1. The number of carbonyl (C=O) groups is 1. The van der Waals surface area contributed by atoms with E-state index in [-0.39, 0.29) is 6.04 Å². The molecule has 170 valence electrons. The highest BCUT2D eigenvalue weighted by atomic mass is 32.2. The van der Waals surface area contributed by atoms with Crippen molar-refractivity contribution in [3.05, 3.63) is 23.8 Å². The van der Waals surface area contributed by atoms with Crippen molar-refractivity contribution in [3.63, 3.8) is 0 Å². The first-order chi connectivity index (χ1) is 14.8. The molecule has 3 rings (SSSR count). The zero-order valence-electron chi connectivity index (χ0n) is 18.3. The molecule has 0 radical (unpaired) electrons. The number of nitrogens with zero attached hydrogens (tertiary/aromatic N) is 3. The molecular weight excluding hydrogens is 436 g/mol. The fourth-order valence-corrected chi connectivity index (χ4v) is 5.67. The van der Waals surface area contributed by atoms with Gasteiger partial charge in [0.2, 0.25) is 0 Å². The minimum atomic E-state index is -0.745. The maximum Gasteiger partial charge on any atom is 0.343 e. The van der Waals surface area contributed by atoms with E-state index < -0.39 is 16.9 Å². The molecule has 2 amide bonds. The Bertz CT molecular complexity index is 843. The summed E-state index contributed by atoms with van der Waals surface area (Å²) in [6.45, 7) is 3.86. The molecule has 1 heterocycles. The van der Waals surface area contributed by atoms with Gasteiger partial charge < -0.3 is 14.8 Å². The number of ether oxygens (including phenoxy) is 2. The second kappa shape index (κ2) is 10.1. The SMILES string of the molecule is COc1ccc(/C=N/N2C(=S)SC(C)(C)C2N(O)C(=O)NC2CCCCC2)cc1OC. The topological polar surface area (TPSA) is 86.6 Å². The van der Waals surface area contributed by atoms with Crippen molar-refractivity contribution in [1.29, 1.82) is 0 Å². The van der Waals surface area contributed by atoms with Gasteiger partial charge >= 0.3 is 6.03 Å². The lowest BCUT2D eigenvalue weighted by molar-refractivity contribution is -0.119. The van der Waals surface area contributed by atoms with Crippen LogP contribution >= 0.6 is 24.0 Å². The van der Waals surface area contributed by atoms with Gasteiger partial charge in [0.05, 0.1) is 25.2 Å². The maximum atomic E-state index is 12.8. The van der Waals surface area contributed by atoms with Gasteiger partial charge in [-0.1, -0.05) is 43.2 Å². The number of hydrazone groups is 1. The lowest BCUT2D eigenvalue weighted by Crippen LogP contribution is -2.57. The summed E-state index contributed by atoms with van der Waals surface area (Å²) in [7, 11) is 3.14. The van der Waals surface area contributed by atoms with Crippen molar-refractivity contribution in [2.45, 2.75) is 62.9 Å². The molecule has 2 fully saturated rings. The lowest BCUT2D eigenvalue weighted by atomic mass is 9.96. The van der Waals surface area contributed by atoms with Crippen LogP contribution in [0.15, 0.2) is 23.3 Å². The van der Waals surface area contributed by atoms with Crippen LogP contribution in [0.4, 0.5) is 4.79 Å². The standard InChI is InChI=1S/C21H30N4O4S2/c1-21(2)18(25(27)19(26)23-15-8-6-5-7-9-15)24(20(30)31-21)22-13-14-10-11-16(28-3)17(12-14)29-4/h10-13,15,18,27H,5-9H2,1-4H3,(H,23,26)/b22-13+. The van der Waals surface area contributed by atoms with E-state index in [0.29, 0.717) is 15.8 Å². The summed E-state index contributed by atoms with van der Waals surface area (Å²) >= 11 is 6.90. The summed E-state index contributed by atoms with van der Waals surface area (Å²) < 4.78 is 10.5. The Hall–Kier alpha value is -2.04. The zero-order valence-corrected chi connectivity index (χ0v) is 20.0. The van der Waals surface area contributed by atoms with Gasteiger partial charge in [-0.25, -0.2) is 9.80 Å². The van der Waals surface area contributed by atoms with Crippen LogP contribution in [0.2, 0.25) is 0 Å². The first-order valence-electron chi connectivity index (χ1n) is 10.3. The van der Waals surface area contributed by atoms with Gasteiger partial charge in [0, 0.05) is 6.04 Å². The minimum absolute atomic E-state index is 0.0868. The zero-order chi connectivity index (χ0) is 22.6. The quantitative estimate of drug-likeness (QED) is 0.281. The smallest absolute Gasteiger partial charge is 0.343 e. The Morgan fingerprint density at radius 1 is 1.29 bits per heavy atom. The van der Waals surface area contributed by atoms with E-state index >= 15 is 0 Å². The largest absolute Gasteiger partial charge is 0.493 e. The Balaban J connectivity index is 1.78. The summed E-state index contributed by atoms with van der Waals surface area (Å²) in [5, 5.41) is 20.5. The third-order valence-electron chi connectivity index (χ3n) is 5.50. The molecule has 1 aliphatic heterocycles. The number of carbonyl (C=O) groups excluding carboxylic acids is 1. The van der Waals surface area contributed by atoms with E-state index in [4.69, 9.17) is 21.7 Å². The number of amides is 2. The van der Waals surface area contributed by atoms with Crippen LogP contribution in [0.25, 0.3) is 0 Å². The molecular formula is C21H30N4O4S2. The first kappa shape index (κ1) is 23.6. The summed E-state index contributed by atoms with van der Waals surface area (Å²) in [5.41, 5.74) is 0.769. The normalized spacial score (nSPS) is 21.4. The van der Waals surface area contributed by atoms with Crippen molar-refractivity contribution < 1.29 is 19.5 Å². The van der Waals surface area contributed by atoms with E-state index in [1.807, 2.05) is 19.9 Å². The molecule has 8 nitrogen and oxygen atoms in total. The highest BCUT2D eigenvalue weighted by Crippen LogP contribution is 2.42. The molecule has 31 heavy (non-hydrogen) atoms. The molecule has 0 bridgehead atoms. The number of methoxy groups -OCH3 is 2. The van der Waals surface area contributed by atoms with Crippen molar-refractivity contribution >= 4 is 40.5 Å². The number of thiocarbonyl (C=S) groups is 1. The second-order valence-corrected chi connectivity index (χ2v) is 10.5. The Labute approximate surface area is 192 Å². The van der Waals surface area contributed by atoms with Crippen LogP contribution < -0.4 is 14.8 Å². The fourth-order valence-electron chi connectivity index (χ4n) is 3.89. The van der Waals surface area contributed by atoms with Crippen molar-refractivity contribution in [2.24, 2.45) is 5.10 Å². The molecule has 0 aromatic heterocycles. The third-order valence-corrected chi connectivity index (χ3v) is 7.04. The summed E-state index contributed by atoms with van der Waals surface area (Å²) in [5.74, 6) is 1.20. The predicted octanol–water partition coefficient (Wildman–Crippen LogP) is 4.21. The third kappa shape index (κ3) is 5.42. The van der Waals surface area contributed by atoms with Crippen molar-refractivity contribution in [2.75, 3.05) is 14.2 Å². The van der Waals surface area contributed by atoms with Gasteiger partial charge in [0.25, 0.3) is 0 Å². The first-order valence-corrected chi connectivity index (χ1v) is 11.6. The monoisotopic (exact) mass is 466 g/mol. The van der Waals surface area contributed by atoms with Gasteiger partial charge in [-0.2, -0.15) is 10.2 Å². The molecule has 1 aliphatic carbocycles. The Morgan fingerprint density at radius 3 is 2.61 bits per heavy atom. The maximum absolute atomic E-state index is 12.8. The number of hydrogen-bond donors (Lipinski definition) is 2. The van der Waals surface area contributed by atoms with Gasteiger partial charge in [-0.15, -0.1) is 0 Å². The van der Waals surface area contributed by atoms with Crippen LogP contribution in [0.5, 0.6) is 11.5 Å². The highest BCUT2D eigenvalue weighted by molar-refractivity contribution is 8.24. The number of hydroxylamine groups is 2. The van der Waals surface area contributed by atoms with Crippen LogP contribution in [0.1, 0.15) is 51.5 Å². The second-order valence-electron chi connectivity index (χ2n) is 8.18. The molecule has 2 N–H and O–H groups in total. The summed E-state index contributed by atoms with van der Waals surface area (Å²) in [6.07, 6.45) is 6.11. The molecule has 1 saturated carbocycles. The van der Waals surface area contributed by atoms with Gasteiger partial charge in [0.1, 0.15) is 0 Å².